The molecule has 0 unspecified atom stereocenters. The van der Waals surface area contributed by atoms with E-state index in [-0.39, 0.29) is 24.0 Å². The average Bonchev–Trinajstić information content (AvgIpc) is 2.32. The maximum absolute atomic E-state index is 11.8. The van der Waals surface area contributed by atoms with E-state index in [1.807, 2.05) is 0 Å². The third-order valence-corrected chi connectivity index (χ3v) is 3.73. The third-order valence-electron chi connectivity index (χ3n) is 3.73. The van der Waals surface area contributed by atoms with Crippen molar-refractivity contribution in [3.05, 3.63) is 29.3 Å². The zero-order chi connectivity index (χ0) is 14.5. The minimum absolute atomic E-state index is 0.0361. The molecule has 0 atom stereocenters. The van der Waals surface area contributed by atoms with Gasteiger partial charge in [0.1, 0.15) is 5.75 Å². The summed E-state index contributed by atoms with van der Waals surface area (Å²) < 4.78 is 0. The summed E-state index contributed by atoms with van der Waals surface area (Å²) in [5, 5.41) is 21.1. The molecule has 0 radical (unpaired) electrons. The van der Waals surface area contributed by atoms with Gasteiger partial charge in [-0.15, -0.1) is 0 Å². The Morgan fingerprint density at radius 2 is 2.00 bits per heavy atom. The van der Waals surface area contributed by atoms with Gasteiger partial charge >= 0.3 is 5.97 Å². The van der Waals surface area contributed by atoms with Crippen LogP contribution in [0.1, 0.15) is 36.8 Å². The largest absolute Gasteiger partial charge is 0.508 e. The maximum Gasteiger partial charge on any atom is 0.303 e. The van der Waals surface area contributed by atoms with Gasteiger partial charge in [0.15, 0.2) is 0 Å². The fourth-order valence-electron chi connectivity index (χ4n) is 2.26. The molecule has 1 fully saturated rings. The van der Waals surface area contributed by atoms with Crippen LogP contribution in [0.15, 0.2) is 18.2 Å². The lowest BCUT2D eigenvalue weighted by atomic mass is 9.85. The molecule has 20 heavy (non-hydrogen) atoms. The number of amides is 1. The van der Waals surface area contributed by atoms with Crippen LogP contribution in [-0.4, -0.2) is 22.1 Å². The molecule has 0 aliphatic heterocycles. The smallest absolute Gasteiger partial charge is 0.303 e. The first kappa shape index (κ1) is 14.4. The Balaban J connectivity index is 1.98. The second kappa shape index (κ2) is 6.41. The van der Waals surface area contributed by atoms with Crippen molar-refractivity contribution < 1.29 is 19.8 Å². The fourth-order valence-corrected chi connectivity index (χ4v) is 2.26. The van der Waals surface area contributed by atoms with Crippen LogP contribution in [-0.2, 0) is 22.6 Å². The van der Waals surface area contributed by atoms with E-state index in [1.54, 1.807) is 12.1 Å². The predicted octanol–water partition coefficient (Wildman–Crippen LogP) is 1.83. The van der Waals surface area contributed by atoms with Crippen LogP contribution in [0.25, 0.3) is 0 Å². The van der Waals surface area contributed by atoms with Crippen molar-refractivity contribution in [2.45, 2.75) is 38.6 Å². The average molecular weight is 277 g/mol. The minimum Gasteiger partial charge on any atom is -0.508 e. The topological polar surface area (TPSA) is 86.6 Å². The molecule has 108 valence electrons. The van der Waals surface area contributed by atoms with Gasteiger partial charge in [-0.2, -0.15) is 0 Å². The van der Waals surface area contributed by atoms with Crippen molar-refractivity contribution in [1.82, 2.24) is 5.32 Å². The second-order valence-corrected chi connectivity index (χ2v) is 5.19. The molecule has 0 heterocycles. The highest BCUT2D eigenvalue weighted by molar-refractivity contribution is 5.79. The van der Waals surface area contributed by atoms with Gasteiger partial charge in [-0.05, 0) is 42.5 Å². The Morgan fingerprint density at radius 1 is 1.25 bits per heavy atom. The fraction of sp³-hybridized carbons (Fsp3) is 0.467. The quantitative estimate of drug-likeness (QED) is 0.740. The first-order valence-corrected chi connectivity index (χ1v) is 6.86. The number of carbonyl (C=O) groups is 2. The molecule has 1 saturated carbocycles. The van der Waals surface area contributed by atoms with E-state index in [2.05, 4.69) is 5.32 Å². The molecule has 3 N–H and O–H groups in total. The lowest BCUT2D eigenvalue weighted by Crippen LogP contribution is -2.34. The summed E-state index contributed by atoms with van der Waals surface area (Å²) in [6, 6.07) is 4.83. The highest BCUT2D eigenvalue weighted by Gasteiger charge is 2.24. The van der Waals surface area contributed by atoms with E-state index in [1.165, 1.54) is 6.07 Å². The highest BCUT2D eigenvalue weighted by atomic mass is 16.4. The van der Waals surface area contributed by atoms with Crippen LogP contribution < -0.4 is 5.32 Å². The predicted molar refractivity (Wildman–Crippen MR) is 73.3 cm³/mol. The van der Waals surface area contributed by atoms with E-state index in [4.69, 9.17) is 5.11 Å². The van der Waals surface area contributed by atoms with Crippen LogP contribution in [0.5, 0.6) is 5.75 Å². The van der Waals surface area contributed by atoms with E-state index in [0.717, 1.165) is 30.4 Å². The normalized spacial score (nSPS) is 14.6. The van der Waals surface area contributed by atoms with E-state index in [0.29, 0.717) is 13.0 Å². The molecule has 0 aromatic heterocycles. The number of phenols is 1. The van der Waals surface area contributed by atoms with Gasteiger partial charge in [0.25, 0.3) is 0 Å². The van der Waals surface area contributed by atoms with E-state index < -0.39 is 5.97 Å². The van der Waals surface area contributed by atoms with Crippen LogP contribution in [0.3, 0.4) is 0 Å². The lowest BCUT2D eigenvalue weighted by molar-refractivity contribution is -0.137. The number of carboxylic acids is 1. The van der Waals surface area contributed by atoms with E-state index >= 15 is 0 Å². The molecule has 5 heteroatoms. The molecule has 0 saturated heterocycles. The van der Waals surface area contributed by atoms with Crippen molar-refractivity contribution in [3.8, 4) is 5.75 Å². The van der Waals surface area contributed by atoms with Gasteiger partial charge in [0.2, 0.25) is 5.91 Å². The van der Waals surface area contributed by atoms with Gasteiger partial charge in [-0.3, -0.25) is 9.59 Å². The first-order valence-electron chi connectivity index (χ1n) is 6.86. The summed E-state index contributed by atoms with van der Waals surface area (Å²) >= 11 is 0. The Labute approximate surface area is 117 Å². The SMILES string of the molecule is O=C(O)CCc1ccc(O)cc1CNC(=O)C1CCC1. The molecule has 0 spiro atoms. The van der Waals surface area contributed by atoms with Crippen LogP contribution in [0.2, 0.25) is 0 Å². The number of aliphatic carboxylic acids is 1. The van der Waals surface area contributed by atoms with Crippen molar-refractivity contribution in [2.75, 3.05) is 0 Å². The third kappa shape index (κ3) is 3.73. The zero-order valence-corrected chi connectivity index (χ0v) is 11.3. The molecule has 1 aliphatic carbocycles. The summed E-state index contributed by atoms with van der Waals surface area (Å²) in [7, 11) is 0. The molecule has 1 aromatic rings. The van der Waals surface area contributed by atoms with E-state index in [9.17, 15) is 14.7 Å². The molecule has 1 amide bonds. The summed E-state index contributed by atoms with van der Waals surface area (Å²) in [5.41, 5.74) is 1.62. The standard InChI is InChI=1S/C15H19NO4/c17-13-6-4-10(5-7-14(18)19)12(8-13)9-16-15(20)11-2-1-3-11/h4,6,8,11,17H,1-3,5,7,9H2,(H,16,20)(H,18,19). The Kier molecular flexibility index (Phi) is 4.61. The van der Waals surface area contributed by atoms with Crippen molar-refractivity contribution in [3.63, 3.8) is 0 Å². The number of nitrogens with one attached hydrogen (secondary N) is 1. The Morgan fingerprint density at radius 3 is 2.60 bits per heavy atom. The van der Waals surface area contributed by atoms with Gasteiger partial charge in [0.05, 0.1) is 0 Å². The Hall–Kier alpha value is -2.04. The van der Waals surface area contributed by atoms with Crippen molar-refractivity contribution in [2.24, 2.45) is 5.92 Å². The Bertz CT molecular complexity index is 509. The van der Waals surface area contributed by atoms with Crippen LogP contribution in [0, 0.1) is 5.92 Å². The molecule has 0 bridgehead atoms. The monoisotopic (exact) mass is 277 g/mol. The lowest BCUT2D eigenvalue weighted by Gasteiger charge is -2.24. The number of aromatic hydroxyl groups is 1. The molecule has 1 aliphatic rings. The maximum atomic E-state index is 11.8. The number of phenolic OH excluding ortho intramolecular Hbond substituents is 1. The minimum atomic E-state index is -0.859. The van der Waals surface area contributed by atoms with Crippen molar-refractivity contribution >= 4 is 11.9 Å². The van der Waals surface area contributed by atoms with Crippen molar-refractivity contribution in [1.29, 1.82) is 0 Å². The molecule has 2 rings (SSSR count). The highest BCUT2D eigenvalue weighted by Crippen LogP contribution is 2.26. The second-order valence-electron chi connectivity index (χ2n) is 5.19. The number of rotatable bonds is 6. The first-order chi connectivity index (χ1) is 9.56. The van der Waals surface area contributed by atoms with Gasteiger partial charge in [0, 0.05) is 18.9 Å². The molecular formula is C15H19NO4. The van der Waals surface area contributed by atoms with Gasteiger partial charge in [-0.25, -0.2) is 0 Å². The number of benzene rings is 1. The number of hydrogen-bond acceptors (Lipinski definition) is 3. The number of carbonyl (C=O) groups excluding carboxylic acids is 1. The molecule has 5 nitrogen and oxygen atoms in total. The molecular weight excluding hydrogens is 258 g/mol. The number of hydrogen-bond donors (Lipinski definition) is 3. The number of aryl methyl sites for hydroxylation is 1. The summed E-state index contributed by atoms with van der Waals surface area (Å²) in [6.45, 7) is 0.332. The number of carboxylic acid groups (broad SMARTS) is 1. The van der Waals surface area contributed by atoms with Crippen LogP contribution in [0.4, 0.5) is 0 Å². The van der Waals surface area contributed by atoms with Crippen LogP contribution >= 0.6 is 0 Å². The van der Waals surface area contributed by atoms with Gasteiger partial charge < -0.3 is 15.5 Å². The zero-order valence-electron chi connectivity index (χ0n) is 11.3. The summed E-state index contributed by atoms with van der Waals surface area (Å²) in [6.07, 6.45) is 3.42. The molecule has 1 aromatic carbocycles. The van der Waals surface area contributed by atoms with Gasteiger partial charge in [-0.1, -0.05) is 12.5 Å². The summed E-state index contributed by atoms with van der Waals surface area (Å²) in [5.74, 6) is -0.571. The summed E-state index contributed by atoms with van der Waals surface area (Å²) in [4.78, 5) is 22.4.